The fraction of sp³-hybridized carbons (Fsp3) is 0.490. The third kappa shape index (κ3) is 11.9. The lowest BCUT2D eigenvalue weighted by Crippen LogP contribution is -2.36. The molecule has 0 saturated carbocycles. The number of ether oxygens (including phenoxy) is 5. The maximum atomic E-state index is 12.4. The van der Waals surface area contributed by atoms with Crippen LogP contribution in [0.1, 0.15) is 49.2 Å². The minimum absolute atomic E-state index is 0.0332. The van der Waals surface area contributed by atoms with Crippen molar-refractivity contribution in [2.75, 3.05) is 146 Å². The van der Waals surface area contributed by atoms with Crippen LogP contribution in [0, 0.1) is 0 Å². The third-order valence-electron chi connectivity index (χ3n) is 13.7. The Bertz CT molecular complexity index is 2710. The molecule has 6 aromatic rings. The molecule has 18 nitrogen and oxygen atoms in total. The number of benzene rings is 2. The molecule has 0 radical (unpaired) electrons. The second-order valence-corrected chi connectivity index (χ2v) is 19.5. The summed E-state index contributed by atoms with van der Waals surface area (Å²) in [5, 5.41) is 17.9. The van der Waals surface area contributed by atoms with Gasteiger partial charge in [-0.3, -0.25) is 29.4 Å². The molecule has 4 aliphatic rings. The second-order valence-electron chi connectivity index (χ2n) is 17.9. The Morgan fingerprint density at radius 1 is 0.592 bits per heavy atom. The molecule has 0 aliphatic carbocycles. The first-order chi connectivity index (χ1) is 34.8. The molecule has 4 saturated heterocycles. The Hall–Kier alpha value is -5.90. The average molecular weight is 1010 g/mol. The van der Waals surface area contributed by atoms with Crippen LogP contribution in [0.3, 0.4) is 0 Å². The lowest BCUT2D eigenvalue weighted by Gasteiger charge is -2.30. The molecule has 0 amide bonds. The van der Waals surface area contributed by atoms with Gasteiger partial charge in [0.15, 0.2) is 10.3 Å². The standard InChI is InChI=1S/C26H33N5O4S.C25H31N5O4S/c1-33-22-7-6-19-5-3-8-27-24(19)25(22)30-10-4-9-29(11-12-30)21(17-23(32)34-2)20-18-36-26(28-20)31-13-15-35-16-14-31;1-33-21-6-5-18-4-2-7-26-23(18)24(21)29-9-3-8-28(10-11-29)20(16-22(31)32)19-17-35-25(27-19)30-12-14-34-15-13-30/h3,5-8,18,21H,4,9-17H2,1-2H3;2,4-7,17,20H,3,8-16H2,1H3,(H,31,32). The van der Waals surface area contributed by atoms with Crippen LogP contribution in [0.2, 0.25) is 0 Å². The van der Waals surface area contributed by atoms with Gasteiger partial charge in [-0.15, -0.1) is 22.7 Å². The van der Waals surface area contributed by atoms with E-state index in [4.69, 9.17) is 33.7 Å². The van der Waals surface area contributed by atoms with Gasteiger partial charge in [-0.2, -0.15) is 0 Å². The van der Waals surface area contributed by atoms with Crippen molar-refractivity contribution in [2.45, 2.75) is 37.8 Å². The number of hydrogen-bond acceptors (Lipinski definition) is 19. The van der Waals surface area contributed by atoms with Crippen molar-refractivity contribution in [1.29, 1.82) is 0 Å². The summed E-state index contributed by atoms with van der Waals surface area (Å²) in [6.45, 7) is 12.6. The number of carboxylic acids is 1. The Labute approximate surface area is 422 Å². The topological polar surface area (TPSA) is 172 Å². The summed E-state index contributed by atoms with van der Waals surface area (Å²) in [6, 6.07) is 15.8. The molecule has 0 spiro atoms. The number of pyridine rings is 2. The first kappa shape index (κ1) is 50.1. The summed E-state index contributed by atoms with van der Waals surface area (Å²) in [5.74, 6) is 0.607. The molecular weight excluding hydrogens is 945 g/mol. The zero-order valence-corrected chi connectivity index (χ0v) is 42.5. The van der Waals surface area contributed by atoms with E-state index in [0.29, 0.717) is 13.2 Å². The fourth-order valence-corrected chi connectivity index (χ4v) is 11.9. The van der Waals surface area contributed by atoms with Gasteiger partial charge in [0.1, 0.15) is 22.9 Å². The molecule has 10 rings (SSSR count). The number of carboxylic acid groups (broad SMARTS) is 1. The number of aliphatic carboxylic acids is 1. The molecule has 1 N–H and O–H groups in total. The summed E-state index contributed by atoms with van der Waals surface area (Å²) in [6.07, 6.45) is 5.81. The quantitative estimate of drug-likeness (QED) is 0.115. The SMILES string of the molecule is COC(=O)CC(c1csc(N2CCOCC2)n1)N1CCCN(c2c(OC)ccc3cccnc23)CC1.COc1ccc2cccnc2c1N1CCCN(C(CC(=O)O)c2csc(N3CCOCC3)n2)CC1. The molecule has 4 aromatic heterocycles. The van der Waals surface area contributed by atoms with E-state index in [-0.39, 0.29) is 30.9 Å². The number of rotatable bonds is 14. The van der Waals surface area contributed by atoms with Gasteiger partial charge in [-0.25, -0.2) is 9.97 Å². The minimum Gasteiger partial charge on any atom is -0.494 e. The lowest BCUT2D eigenvalue weighted by atomic mass is 10.1. The number of anilines is 4. The first-order valence-corrected chi connectivity index (χ1v) is 26.2. The highest BCUT2D eigenvalue weighted by Gasteiger charge is 2.32. The van der Waals surface area contributed by atoms with Crippen LogP contribution in [0.15, 0.2) is 71.7 Å². The van der Waals surface area contributed by atoms with E-state index in [0.717, 1.165) is 171 Å². The number of thiazole rings is 2. The molecular formula is C51H64N10O8S2. The Balaban J connectivity index is 0.000000176. The van der Waals surface area contributed by atoms with Crippen LogP contribution in [-0.2, 0) is 23.8 Å². The number of hydrogen-bond donors (Lipinski definition) is 1. The van der Waals surface area contributed by atoms with Crippen molar-refractivity contribution in [3.8, 4) is 11.5 Å². The number of carbonyl (C=O) groups is 2. The molecule has 4 aliphatic heterocycles. The number of fused-ring (bicyclic) bond motifs is 2. The number of nitrogens with zero attached hydrogens (tertiary/aromatic N) is 10. The molecule has 0 bridgehead atoms. The summed E-state index contributed by atoms with van der Waals surface area (Å²) in [5.41, 5.74) is 5.69. The lowest BCUT2D eigenvalue weighted by molar-refractivity contribution is -0.142. The first-order valence-electron chi connectivity index (χ1n) is 24.5. The minimum atomic E-state index is -0.808. The van der Waals surface area contributed by atoms with Crippen LogP contribution >= 0.6 is 22.7 Å². The molecule has 378 valence electrons. The van der Waals surface area contributed by atoms with E-state index in [2.05, 4.69) is 62.9 Å². The predicted molar refractivity (Wildman–Crippen MR) is 278 cm³/mol. The van der Waals surface area contributed by atoms with Gasteiger partial charge in [-0.05, 0) is 49.2 Å². The largest absolute Gasteiger partial charge is 0.494 e. The molecule has 2 aromatic carbocycles. The number of methoxy groups -OCH3 is 3. The van der Waals surface area contributed by atoms with E-state index in [1.807, 2.05) is 48.1 Å². The van der Waals surface area contributed by atoms with Crippen LogP contribution in [0.5, 0.6) is 11.5 Å². The Morgan fingerprint density at radius 2 is 1.06 bits per heavy atom. The second kappa shape index (κ2) is 24.0. The third-order valence-corrected chi connectivity index (χ3v) is 15.5. The van der Waals surface area contributed by atoms with Crippen LogP contribution in [0.25, 0.3) is 21.8 Å². The molecule has 20 heteroatoms. The highest BCUT2D eigenvalue weighted by molar-refractivity contribution is 7.14. The van der Waals surface area contributed by atoms with Gasteiger partial charge < -0.3 is 48.4 Å². The van der Waals surface area contributed by atoms with Crippen LogP contribution in [-0.4, -0.2) is 173 Å². The van der Waals surface area contributed by atoms with Gasteiger partial charge in [0.05, 0.1) is 95.1 Å². The normalized spacial score (nSPS) is 18.3. The van der Waals surface area contributed by atoms with Crippen LogP contribution < -0.4 is 29.1 Å². The number of morpholine rings is 2. The zero-order chi connectivity index (χ0) is 49.1. The van der Waals surface area contributed by atoms with E-state index < -0.39 is 5.97 Å². The van der Waals surface area contributed by atoms with Crippen molar-refractivity contribution in [3.05, 3.63) is 83.1 Å². The number of aromatic nitrogens is 4. The smallest absolute Gasteiger partial charge is 0.307 e. The Morgan fingerprint density at radius 3 is 1.49 bits per heavy atom. The molecule has 2 unspecified atom stereocenters. The van der Waals surface area contributed by atoms with Gasteiger partial charge in [-0.1, -0.05) is 12.1 Å². The summed E-state index contributed by atoms with van der Waals surface area (Å²) in [7, 11) is 4.84. The van der Waals surface area contributed by atoms with Gasteiger partial charge in [0.2, 0.25) is 0 Å². The average Bonchev–Trinajstić information content (AvgIpc) is 3.98. The Kier molecular flexibility index (Phi) is 16.9. The highest BCUT2D eigenvalue weighted by atomic mass is 32.1. The van der Waals surface area contributed by atoms with E-state index >= 15 is 0 Å². The maximum absolute atomic E-state index is 12.4. The molecule has 71 heavy (non-hydrogen) atoms. The molecule has 4 fully saturated rings. The summed E-state index contributed by atoms with van der Waals surface area (Å²) in [4.78, 5) is 57.2. The summed E-state index contributed by atoms with van der Waals surface area (Å²) >= 11 is 3.23. The maximum Gasteiger partial charge on any atom is 0.307 e. The number of esters is 1. The van der Waals surface area contributed by atoms with E-state index in [1.54, 1.807) is 36.9 Å². The highest BCUT2D eigenvalue weighted by Crippen LogP contribution is 2.39. The van der Waals surface area contributed by atoms with E-state index in [9.17, 15) is 14.7 Å². The van der Waals surface area contributed by atoms with Crippen molar-refractivity contribution >= 4 is 78.1 Å². The van der Waals surface area contributed by atoms with Crippen molar-refractivity contribution < 1.29 is 38.4 Å². The monoisotopic (exact) mass is 1010 g/mol. The number of carbonyl (C=O) groups excluding carboxylic acids is 1. The zero-order valence-electron chi connectivity index (χ0n) is 40.8. The molecule has 8 heterocycles. The molecule has 2 atom stereocenters. The van der Waals surface area contributed by atoms with E-state index in [1.165, 1.54) is 7.11 Å². The predicted octanol–water partition coefficient (Wildman–Crippen LogP) is 6.62. The fourth-order valence-electron chi connectivity index (χ4n) is 10.0. The van der Waals surface area contributed by atoms with Gasteiger partial charge >= 0.3 is 11.9 Å². The summed E-state index contributed by atoms with van der Waals surface area (Å²) < 4.78 is 27.5. The van der Waals surface area contributed by atoms with Crippen molar-refractivity contribution in [3.63, 3.8) is 0 Å². The van der Waals surface area contributed by atoms with Crippen molar-refractivity contribution in [1.82, 2.24) is 29.7 Å². The van der Waals surface area contributed by atoms with Crippen molar-refractivity contribution in [2.24, 2.45) is 0 Å². The van der Waals surface area contributed by atoms with Crippen LogP contribution in [0.4, 0.5) is 21.6 Å². The van der Waals surface area contributed by atoms with Gasteiger partial charge in [0, 0.05) is 112 Å². The van der Waals surface area contributed by atoms with Gasteiger partial charge in [0.25, 0.3) is 0 Å².